The zero-order valence-corrected chi connectivity index (χ0v) is 12.4. The third-order valence-electron chi connectivity index (χ3n) is 2.80. The number of nitrogens with one attached hydrogen (secondary N) is 2. The van der Waals surface area contributed by atoms with E-state index < -0.39 is 0 Å². The van der Waals surface area contributed by atoms with Gasteiger partial charge in [-0.2, -0.15) is 0 Å². The minimum absolute atomic E-state index is 0.0588. The Hall–Kier alpha value is -1.02. The van der Waals surface area contributed by atoms with E-state index in [2.05, 4.69) is 33.2 Å². The number of hydrogen-bond acceptors (Lipinski definition) is 4. The van der Waals surface area contributed by atoms with Crippen LogP contribution in [0.5, 0.6) is 11.5 Å². The van der Waals surface area contributed by atoms with Gasteiger partial charge in [-0.05, 0) is 40.3 Å². The summed E-state index contributed by atoms with van der Waals surface area (Å²) in [7, 11) is 3.21. The number of amides is 1. The van der Waals surface area contributed by atoms with E-state index in [1.165, 1.54) is 0 Å². The molecule has 1 atom stereocenters. The van der Waals surface area contributed by atoms with Crippen molar-refractivity contribution in [3.63, 3.8) is 0 Å². The van der Waals surface area contributed by atoms with Gasteiger partial charge in [-0.1, -0.05) is 0 Å². The number of methoxy groups -OCH3 is 2. The topological polar surface area (TPSA) is 59.6 Å². The summed E-state index contributed by atoms with van der Waals surface area (Å²) in [4.78, 5) is 11.4. The van der Waals surface area contributed by atoms with Crippen molar-refractivity contribution in [2.75, 3.05) is 20.8 Å². The number of ether oxygens (including phenoxy) is 2. The molecule has 1 aliphatic heterocycles. The molecule has 0 radical (unpaired) electrons. The molecule has 98 valence electrons. The van der Waals surface area contributed by atoms with Crippen LogP contribution in [0.25, 0.3) is 0 Å². The summed E-state index contributed by atoms with van der Waals surface area (Å²) in [5, 5.41) is 6.15. The van der Waals surface area contributed by atoms with Crippen LogP contribution >= 0.6 is 22.6 Å². The third-order valence-corrected chi connectivity index (χ3v) is 3.60. The lowest BCUT2D eigenvalue weighted by Crippen LogP contribution is -2.44. The number of halogens is 1. The van der Waals surface area contributed by atoms with Gasteiger partial charge in [0.25, 0.3) is 0 Å². The van der Waals surface area contributed by atoms with Gasteiger partial charge in [-0.15, -0.1) is 0 Å². The minimum Gasteiger partial charge on any atom is -0.493 e. The highest BCUT2D eigenvalue weighted by atomic mass is 127. The van der Waals surface area contributed by atoms with Gasteiger partial charge in [-0.25, -0.2) is 0 Å². The van der Waals surface area contributed by atoms with Gasteiger partial charge in [0.15, 0.2) is 11.5 Å². The average molecular weight is 362 g/mol. The molecule has 0 unspecified atom stereocenters. The van der Waals surface area contributed by atoms with Gasteiger partial charge in [0.05, 0.1) is 17.8 Å². The Bertz CT molecular complexity index is 465. The Labute approximate surface area is 119 Å². The van der Waals surface area contributed by atoms with E-state index in [1.54, 1.807) is 14.2 Å². The van der Waals surface area contributed by atoms with E-state index in [-0.39, 0.29) is 12.1 Å². The number of hydrogen-bond donors (Lipinski definition) is 2. The second-order valence-electron chi connectivity index (χ2n) is 3.94. The smallest absolute Gasteiger partial charge is 0.222 e. The molecule has 6 heteroatoms. The summed E-state index contributed by atoms with van der Waals surface area (Å²) in [6.45, 7) is 0.682. The second-order valence-corrected chi connectivity index (χ2v) is 5.11. The second kappa shape index (κ2) is 5.75. The fourth-order valence-electron chi connectivity index (χ4n) is 1.92. The maximum Gasteiger partial charge on any atom is 0.222 e. The van der Waals surface area contributed by atoms with Gasteiger partial charge in [0.1, 0.15) is 6.17 Å². The Balaban J connectivity index is 2.33. The van der Waals surface area contributed by atoms with Crippen molar-refractivity contribution in [3.05, 3.63) is 21.3 Å². The lowest BCUT2D eigenvalue weighted by Gasteiger charge is -2.26. The maximum absolute atomic E-state index is 11.4. The first-order valence-corrected chi connectivity index (χ1v) is 6.67. The van der Waals surface area contributed by atoms with Crippen LogP contribution in [0.1, 0.15) is 18.2 Å². The molecular formula is C12H15IN2O3. The van der Waals surface area contributed by atoms with Crippen LogP contribution in [0, 0.1) is 3.57 Å². The molecule has 1 fully saturated rings. The molecule has 0 bridgehead atoms. The Morgan fingerprint density at radius 2 is 2.11 bits per heavy atom. The highest BCUT2D eigenvalue weighted by molar-refractivity contribution is 14.1. The van der Waals surface area contributed by atoms with E-state index in [9.17, 15) is 4.79 Å². The summed E-state index contributed by atoms with van der Waals surface area (Å²) >= 11 is 2.19. The lowest BCUT2D eigenvalue weighted by molar-refractivity contribution is -0.123. The molecule has 1 aromatic rings. The zero-order chi connectivity index (χ0) is 13.1. The third kappa shape index (κ3) is 2.69. The minimum atomic E-state index is -0.167. The number of rotatable bonds is 3. The molecule has 18 heavy (non-hydrogen) atoms. The Morgan fingerprint density at radius 3 is 2.72 bits per heavy atom. The number of carbonyl (C=O) groups excluding carboxylic acids is 1. The van der Waals surface area contributed by atoms with E-state index in [4.69, 9.17) is 9.47 Å². The molecule has 1 aliphatic rings. The fraction of sp³-hybridized carbons (Fsp3) is 0.417. The summed E-state index contributed by atoms with van der Waals surface area (Å²) in [5.41, 5.74) is 0.963. The normalized spacial score (nSPS) is 19.3. The quantitative estimate of drug-likeness (QED) is 0.799. The molecule has 1 aromatic carbocycles. The summed E-state index contributed by atoms with van der Waals surface area (Å²) in [5.74, 6) is 1.44. The van der Waals surface area contributed by atoms with Gasteiger partial charge in [0.2, 0.25) is 5.91 Å². The van der Waals surface area contributed by atoms with Crippen LogP contribution in [-0.2, 0) is 4.79 Å². The summed E-state index contributed by atoms with van der Waals surface area (Å²) in [6, 6.07) is 3.86. The number of carbonyl (C=O) groups is 1. The first-order valence-electron chi connectivity index (χ1n) is 5.60. The lowest BCUT2D eigenvalue weighted by atomic mass is 10.1. The zero-order valence-electron chi connectivity index (χ0n) is 10.2. The monoisotopic (exact) mass is 362 g/mol. The SMILES string of the molecule is COc1cc([C@@H]2NCCC(=O)N2)cc(I)c1OC. The van der Waals surface area contributed by atoms with Crippen LogP contribution in [0.3, 0.4) is 0 Å². The molecule has 2 rings (SSSR count). The van der Waals surface area contributed by atoms with E-state index >= 15 is 0 Å². The van der Waals surface area contributed by atoms with Crippen LogP contribution < -0.4 is 20.1 Å². The van der Waals surface area contributed by atoms with Crippen LogP contribution in [-0.4, -0.2) is 26.7 Å². The largest absolute Gasteiger partial charge is 0.493 e. The van der Waals surface area contributed by atoms with Gasteiger partial charge in [-0.3, -0.25) is 10.1 Å². The van der Waals surface area contributed by atoms with Crippen molar-refractivity contribution in [2.45, 2.75) is 12.6 Å². The summed E-state index contributed by atoms with van der Waals surface area (Å²) < 4.78 is 11.5. The first kappa shape index (κ1) is 13.4. The highest BCUT2D eigenvalue weighted by Gasteiger charge is 2.21. The van der Waals surface area contributed by atoms with Crippen LogP contribution in [0.4, 0.5) is 0 Å². The Kier molecular flexibility index (Phi) is 4.28. The van der Waals surface area contributed by atoms with Gasteiger partial charge >= 0.3 is 0 Å². The molecule has 1 amide bonds. The first-order chi connectivity index (χ1) is 8.65. The van der Waals surface area contributed by atoms with Crippen molar-refractivity contribution in [2.24, 2.45) is 0 Å². The fourth-order valence-corrected chi connectivity index (χ4v) is 2.77. The molecule has 2 N–H and O–H groups in total. The molecule has 1 saturated heterocycles. The van der Waals surface area contributed by atoms with Crippen LogP contribution in [0.2, 0.25) is 0 Å². The van der Waals surface area contributed by atoms with E-state index in [0.29, 0.717) is 24.5 Å². The van der Waals surface area contributed by atoms with Crippen molar-refractivity contribution in [3.8, 4) is 11.5 Å². The molecule has 0 aliphatic carbocycles. The van der Waals surface area contributed by atoms with Crippen molar-refractivity contribution < 1.29 is 14.3 Å². The molecular weight excluding hydrogens is 347 g/mol. The average Bonchev–Trinajstić information content (AvgIpc) is 2.37. The van der Waals surface area contributed by atoms with Gasteiger partial charge in [0, 0.05) is 13.0 Å². The predicted octanol–water partition coefficient (Wildman–Crippen LogP) is 1.42. The molecule has 5 nitrogen and oxygen atoms in total. The van der Waals surface area contributed by atoms with E-state index in [0.717, 1.165) is 9.13 Å². The maximum atomic E-state index is 11.4. The molecule has 1 heterocycles. The van der Waals surface area contributed by atoms with Crippen molar-refractivity contribution in [1.29, 1.82) is 0 Å². The predicted molar refractivity (Wildman–Crippen MR) is 75.8 cm³/mol. The van der Waals surface area contributed by atoms with Gasteiger partial charge < -0.3 is 14.8 Å². The number of benzene rings is 1. The molecule has 0 aromatic heterocycles. The molecule has 0 spiro atoms. The van der Waals surface area contributed by atoms with Crippen LogP contribution in [0.15, 0.2) is 12.1 Å². The highest BCUT2D eigenvalue weighted by Crippen LogP contribution is 2.35. The van der Waals surface area contributed by atoms with Crippen molar-refractivity contribution >= 4 is 28.5 Å². The summed E-state index contributed by atoms with van der Waals surface area (Å²) in [6.07, 6.45) is 0.348. The van der Waals surface area contributed by atoms with E-state index in [1.807, 2.05) is 12.1 Å². The standard InChI is InChI=1S/C12H15IN2O3/c1-17-9-6-7(5-8(13)11(9)18-2)12-14-4-3-10(16)15-12/h5-6,12,14H,3-4H2,1-2H3,(H,15,16)/t12-/m1/s1. The Morgan fingerprint density at radius 1 is 1.33 bits per heavy atom. The van der Waals surface area contributed by atoms with Crippen molar-refractivity contribution in [1.82, 2.24) is 10.6 Å². The molecule has 0 saturated carbocycles.